The monoisotopic (exact) mass is 255 g/mol. The lowest BCUT2D eigenvalue weighted by atomic mass is 10.1. The van der Waals surface area contributed by atoms with Crippen LogP contribution in [0.15, 0.2) is 10.5 Å². The quantitative estimate of drug-likeness (QED) is 0.402. The largest absolute Gasteiger partial charge is 0.456 e. The van der Waals surface area contributed by atoms with E-state index in [0.29, 0.717) is 18.8 Å². The predicted molar refractivity (Wildman–Crippen MR) is 67.7 cm³/mol. The molecule has 4 N–H and O–H groups in total. The zero-order valence-corrected chi connectivity index (χ0v) is 11.3. The molecule has 6 nitrogen and oxygen atoms in total. The normalized spacial score (nSPS) is 11.9. The van der Waals surface area contributed by atoms with Gasteiger partial charge >= 0.3 is 5.91 Å². The lowest BCUT2D eigenvalue weighted by molar-refractivity contribution is 0.0423. The number of aliphatic hydroxyl groups is 1. The van der Waals surface area contributed by atoms with Crippen molar-refractivity contribution in [3.05, 3.63) is 23.2 Å². The van der Waals surface area contributed by atoms with Crippen molar-refractivity contribution in [1.29, 1.82) is 0 Å². The SMILES string of the molecule is Cc1oc(C(=O)NN)cc1CN(C)CC(C)(C)O. The van der Waals surface area contributed by atoms with Crippen LogP contribution in [0.3, 0.4) is 0 Å². The van der Waals surface area contributed by atoms with Crippen molar-refractivity contribution in [2.24, 2.45) is 5.84 Å². The van der Waals surface area contributed by atoms with Gasteiger partial charge in [0, 0.05) is 18.7 Å². The first-order chi connectivity index (χ1) is 8.23. The van der Waals surface area contributed by atoms with Crippen molar-refractivity contribution in [3.8, 4) is 0 Å². The zero-order chi connectivity index (χ0) is 13.9. The van der Waals surface area contributed by atoms with E-state index in [-0.39, 0.29) is 5.76 Å². The van der Waals surface area contributed by atoms with E-state index in [1.165, 1.54) is 0 Å². The highest BCUT2D eigenvalue weighted by molar-refractivity contribution is 5.91. The molecule has 0 unspecified atom stereocenters. The van der Waals surface area contributed by atoms with E-state index >= 15 is 0 Å². The molecule has 0 aliphatic rings. The van der Waals surface area contributed by atoms with Crippen LogP contribution in [0.5, 0.6) is 0 Å². The lowest BCUT2D eigenvalue weighted by Gasteiger charge is -2.25. The predicted octanol–water partition coefficient (Wildman–Crippen LogP) is 0.394. The summed E-state index contributed by atoms with van der Waals surface area (Å²) in [5.74, 6) is 5.47. The third kappa shape index (κ3) is 4.14. The summed E-state index contributed by atoms with van der Waals surface area (Å²) < 4.78 is 5.32. The summed E-state index contributed by atoms with van der Waals surface area (Å²) in [7, 11) is 1.90. The van der Waals surface area contributed by atoms with Crippen LogP contribution in [-0.2, 0) is 6.54 Å². The summed E-state index contributed by atoms with van der Waals surface area (Å²) in [6.07, 6.45) is 0. The van der Waals surface area contributed by atoms with Crippen molar-refractivity contribution >= 4 is 5.91 Å². The van der Waals surface area contributed by atoms with Gasteiger partial charge in [0.1, 0.15) is 5.76 Å². The Kier molecular flexibility index (Phi) is 4.50. The van der Waals surface area contributed by atoms with Gasteiger partial charge in [0.05, 0.1) is 5.60 Å². The first-order valence-corrected chi connectivity index (χ1v) is 5.74. The molecule has 0 aromatic carbocycles. The number of hydrogen-bond donors (Lipinski definition) is 3. The van der Waals surface area contributed by atoms with E-state index in [9.17, 15) is 9.90 Å². The molecule has 1 rings (SSSR count). The van der Waals surface area contributed by atoms with Crippen molar-refractivity contribution in [2.75, 3.05) is 13.6 Å². The number of furan rings is 1. The number of nitrogens with two attached hydrogens (primary N) is 1. The van der Waals surface area contributed by atoms with Crippen LogP contribution in [0.2, 0.25) is 0 Å². The molecule has 1 aromatic rings. The molecule has 6 heteroatoms. The van der Waals surface area contributed by atoms with Gasteiger partial charge in [-0.25, -0.2) is 5.84 Å². The van der Waals surface area contributed by atoms with E-state index in [0.717, 1.165) is 5.56 Å². The van der Waals surface area contributed by atoms with Crippen LogP contribution >= 0.6 is 0 Å². The van der Waals surface area contributed by atoms with Gasteiger partial charge in [-0.3, -0.25) is 15.1 Å². The third-order valence-corrected chi connectivity index (χ3v) is 2.47. The molecular weight excluding hydrogens is 234 g/mol. The summed E-state index contributed by atoms with van der Waals surface area (Å²) in [5.41, 5.74) is 2.17. The smallest absolute Gasteiger partial charge is 0.300 e. The molecule has 1 heterocycles. The fourth-order valence-corrected chi connectivity index (χ4v) is 1.87. The molecule has 1 aromatic heterocycles. The molecule has 1 amide bonds. The molecule has 102 valence electrons. The van der Waals surface area contributed by atoms with Crippen LogP contribution < -0.4 is 11.3 Å². The van der Waals surface area contributed by atoms with Crippen LogP contribution in [-0.4, -0.2) is 35.1 Å². The van der Waals surface area contributed by atoms with Crippen LogP contribution in [0.25, 0.3) is 0 Å². The van der Waals surface area contributed by atoms with Gasteiger partial charge in [0.15, 0.2) is 5.76 Å². The summed E-state index contributed by atoms with van der Waals surface area (Å²) in [5, 5.41) is 9.72. The summed E-state index contributed by atoms with van der Waals surface area (Å²) in [6.45, 7) is 6.41. The Morgan fingerprint density at radius 2 is 2.22 bits per heavy atom. The van der Waals surface area contributed by atoms with E-state index in [1.807, 2.05) is 17.4 Å². The Morgan fingerprint density at radius 3 is 2.72 bits per heavy atom. The highest BCUT2D eigenvalue weighted by Crippen LogP contribution is 2.17. The maximum atomic E-state index is 11.3. The second kappa shape index (κ2) is 5.51. The minimum absolute atomic E-state index is 0.196. The highest BCUT2D eigenvalue weighted by atomic mass is 16.4. The average molecular weight is 255 g/mol. The van der Waals surface area contributed by atoms with Gasteiger partial charge in [-0.2, -0.15) is 0 Å². The van der Waals surface area contributed by atoms with Crippen LogP contribution in [0.4, 0.5) is 0 Å². The molecule has 0 fully saturated rings. The average Bonchev–Trinajstić information content (AvgIpc) is 2.56. The topological polar surface area (TPSA) is 91.7 Å². The molecule has 0 atom stereocenters. The van der Waals surface area contributed by atoms with Crippen molar-refractivity contribution < 1.29 is 14.3 Å². The van der Waals surface area contributed by atoms with Gasteiger partial charge in [-0.05, 0) is 33.9 Å². The first kappa shape index (κ1) is 14.7. The second-order valence-corrected chi connectivity index (χ2v) is 5.15. The number of hydrogen-bond acceptors (Lipinski definition) is 5. The summed E-state index contributed by atoms with van der Waals surface area (Å²) in [4.78, 5) is 13.3. The Bertz CT molecular complexity index is 421. The summed E-state index contributed by atoms with van der Waals surface area (Å²) in [6, 6.07) is 1.67. The maximum absolute atomic E-state index is 11.3. The van der Waals surface area contributed by atoms with E-state index < -0.39 is 11.5 Å². The third-order valence-electron chi connectivity index (χ3n) is 2.47. The Morgan fingerprint density at radius 1 is 1.61 bits per heavy atom. The molecule has 0 radical (unpaired) electrons. The number of carbonyl (C=O) groups excluding carboxylic acids is 1. The van der Waals surface area contributed by atoms with E-state index in [2.05, 4.69) is 0 Å². The Hall–Kier alpha value is -1.37. The van der Waals surface area contributed by atoms with Gasteiger partial charge < -0.3 is 9.52 Å². The van der Waals surface area contributed by atoms with Gasteiger partial charge in [-0.1, -0.05) is 0 Å². The first-order valence-electron chi connectivity index (χ1n) is 5.74. The van der Waals surface area contributed by atoms with Crippen LogP contribution in [0.1, 0.15) is 35.7 Å². The summed E-state index contributed by atoms with van der Waals surface area (Å²) >= 11 is 0. The molecular formula is C12H21N3O3. The molecule has 18 heavy (non-hydrogen) atoms. The minimum atomic E-state index is -0.760. The maximum Gasteiger partial charge on any atom is 0.300 e. The lowest BCUT2D eigenvalue weighted by Crippen LogP contribution is -2.35. The molecule has 0 saturated heterocycles. The highest BCUT2D eigenvalue weighted by Gasteiger charge is 2.18. The Labute approximate surface area is 107 Å². The number of hydrazine groups is 1. The number of aryl methyl sites for hydroxylation is 1. The standard InChI is InChI=1S/C12H21N3O3/c1-8-9(5-10(18-8)11(16)14-13)6-15(4)7-12(2,3)17/h5,17H,6-7,13H2,1-4H3,(H,14,16). The number of amides is 1. The number of carbonyl (C=O) groups is 1. The fourth-order valence-electron chi connectivity index (χ4n) is 1.87. The van der Waals surface area contributed by atoms with Crippen LogP contribution in [0, 0.1) is 6.92 Å². The number of nitrogens with zero attached hydrogens (tertiary/aromatic N) is 1. The fraction of sp³-hybridized carbons (Fsp3) is 0.583. The Balaban J connectivity index is 2.73. The van der Waals surface area contributed by atoms with E-state index in [1.54, 1.807) is 26.8 Å². The molecule has 0 spiro atoms. The molecule has 0 aliphatic heterocycles. The van der Waals surface area contributed by atoms with Crippen molar-refractivity contribution in [2.45, 2.75) is 32.9 Å². The van der Waals surface area contributed by atoms with E-state index in [4.69, 9.17) is 10.3 Å². The number of likely N-dealkylation sites (N-methyl/N-ethyl adjacent to an activating group) is 1. The minimum Gasteiger partial charge on any atom is -0.456 e. The molecule has 0 bridgehead atoms. The number of nitrogen functional groups attached to an aromatic ring is 1. The van der Waals surface area contributed by atoms with Gasteiger partial charge in [0.25, 0.3) is 0 Å². The van der Waals surface area contributed by atoms with Crippen molar-refractivity contribution in [3.63, 3.8) is 0 Å². The van der Waals surface area contributed by atoms with Gasteiger partial charge in [-0.15, -0.1) is 0 Å². The van der Waals surface area contributed by atoms with Gasteiger partial charge in [0.2, 0.25) is 0 Å². The van der Waals surface area contributed by atoms with Crippen molar-refractivity contribution in [1.82, 2.24) is 10.3 Å². The second-order valence-electron chi connectivity index (χ2n) is 5.15. The number of nitrogens with one attached hydrogen (secondary N) is 1. The zero-order valence-electron chi connectivity index (χ0n) is 11.3. The number of rotatable bonds is 5. The molecule has 0 saturated carbocycles. The molecule has 0 aliphatic carbocycles.